The maximum atomic E-state index is 13.3. The maximum absolute atomic E-state index is 13.3. The van der Waals surface area contributed by atoms with Crippen LogP contribution in [0.2, 0.25) is 0 Å². The smallest absolute Gasteiger partial charge is 0.259 e. The van der Waals surface area contributed by atoms with Gasteiger partial charge in [0.15, 0.2) is 0 Å². The van der Waals surface area contributed by atoms with Gasteiger partial charge in [-0.15, -0.1) is 15.3 Å². The molecule has 0 aliphatic carbocycles. The van der Waals surface area contributed by atoms with Gasteiger partial charge in [0.25, 0.3) is 5.78 Å². The normalized spacial score (nSPS) is 11.0. The van der Waals surface area contributed by atoms with E-state index in [2.05, 4.69) is 20.3 Å². The Balaban J connectivity index is 1.77. The van der Waals surface area contributed by atoms with E-state index in [-0.39, 0.29) is 18.0 Å². The molecule has 0 aliphatic heterocycles. The largest absolute Gasteiger partial charge is 0.352 e. The molecule has 7 heteroatoms. The molecule has 5 rings (SSSR count). The SMILES string of the molecule is O=c1n(Cc2ccccn2)nc2nnc(-c3ccccc3)c(-c3ccccc3)n12. The molecule has 5 aromatic rings. The van der Waals surface area contributed by atoms with Crippen LogP contribution in [-0.4, -0.2) is 29.4 Å². The van der Waals surface area contributed by atoms with Crippen LogP contribution in [0.5, 0.6) is 0 Å². The molecule has 0 fully saturated rings. The lowest BCUT2D eigenvalue weighted by Gasteiger charge is -2.09. The summed E-state index contributed by atoms with van der Waals surface area (Å²) in [4.78, 5) is 17.6. The van der Waals surface area contributed by atoms with Crippen molar-refractivity contribution < 1.29 is 0 Å². The molecule has 0 unspecified atom stereocenters. The fourth-order valence-corrected chi connectivity index (χ4v) is 3.31. The Kier molecular flexibility index (Phi) is 4.18. The van der Waals surface area contributed by atoms with E-state index < -0.39 is 0 Å². The summed E-state index contributed by atoms with van der Waals surface area (Å²) in [5.74, 6) is 0.254. The predicted molar refractivity (Wildman–Crippen MR) is 109 cm³/mol. The standard InChI is InChI=1S/C22H16N6O/c29-22-27(15-18-13-7-8-14-23-18)26-21-25-24-19(16-9-3-1-4-10-16)20(28(21)22)17-11-5-2-6-12-17/h1-14H,15H2. The highest BCUT2D eigenvalue weighted by Crippen LogP contribution is 2.29. The first-order chi connectivity index (χ1) is 14.3. The molecule has 0 aliphatic rings. The Morgan fingerprint density at radius 3 is 2.14 bits per heavy atom. The van der Waals surface area contributed by atoms with E-state index in [9.17, 15) is 4.79 Å². The molecular formula is C22H16N6O. The Morgan fingerprint density at radius 2 is 1.45 bits per heavy atom. The number of pyridine rings is 1. The first-order valence-corrected chi connectivity index (χ1v) is 9.18. The number of hydrogen-bond acceptors (Lipinski definition) is 5. The van der Waals surface area contributed by atoms with Crippen molar-refractivity contribution in [2.24, 2.45) is 0 Å². The molecule has 0 amide bonds. The second-order valence-electron chi connectivity index (χ2n) is 6.53. The highest BCUT2D eigenvalue weighted by atomic mass is 16.2. The second kappa shape index (κ2) is 7.12. The van der Waals surface area contributed by atoms with Crippen LogP contribution in [0.3, 0.4) is 0 Å². The summed E-state index contributed by atoms with van der Waals surface area (Å²) < 4.78 is 2.89. The van der Waals surface area contributed by atoms with Gasteiger partial charge >= 0.3 is 5.69 Å². The van der Waals surface area contributed by atoms with Crippen LogP contribution >= 0.6 is 0 Å². The molecule has 0 N–H and O–H groups in total. The number of nitrogens with zero attached hydrogens (tertiary/aromatic N) is 6. The fourth-order valence-electron chi connectivity index (χ4n) is 3.31. The number of fused-ring (bicyclic) bond motifs is 1. The van der Waals surface area contributed by atoms with Gasteiger partial charge in [-0.3, -0.25) is 4.98 Å². The van der Waals surface area contributed by atoms with Gasteiger partial charge in [0.05, 0.1) is 17.9 Å². The van der Waals surface area contributed by atoms with E-state index in [4.69, 9.17) is 0 Å². The van der Waals surface area contributed by atoms with E-state index in [0.29, 0.717) is 11.4 Å². The van der Waals surface area contributed by atoms with Crippen LogP contribution in [-0.2, 0) is 6.54 Å². The minimum atomic E-state index is -0.281. The topological polar surface area (TPSA) is 78.0 Å². The molecule has 0 radical (unpaired) electrons. The zero-order chi connectivity index (χ0) is 19.6. The van der Waals surface area contributed by atoms with Crippen molar-refractivity contribution in [2.45, 2.75) is 6.54 Å². The first kappa shape index (κ1) is 17.0. The molecule has 2 aromatic carbocycles. The Bertz CT molecular complexity index is 1330. The number of hydrogen-bond donors (Lipinski definition) is 0. The van der Waals surface area contributed by atoms with Crippen LogP contribution in [0.1, 0.15) is 5.69 Å². The molecule has 7 nitrogen and oxygen atoms in total. The van der Waals surface area contributed by atoms with Crippen molar-refractivity contribution >= 4 is 5.78 Å². The van der Waals surface area contributed by atoms with Gasteiger partial charge in [0.2, 0.25) is 0 Å². The first-order valence-electron chi connectivity index (χ1n) is 9.18. The monoisotopic (exact) mass is 380 g/mol. The Hall–Kier alpha value is -4.13. The third-order valence-electron chi connectivity index (χ3n) is 4.64. The quantitative estimate of drug-likeness (QED) is 0.479. The highest BCUT2D eigenvalue weighted by molar-refractivity contribution is 5.78. The average molecular weight is 380 g/mol. The van der Waals surface area contributed by atoms with Crippen molar-refractivity contribution in [1.82, 2.24) is 29.4 Å². The molecule has 140 valence electrons. The van der Waals surface area contributed by atoms with Gasteiger partial charge in [-0.2, -0.15) is 0 Å². The molecular weight excluding hydrogens is 364 g/mol. The van der Waals surface area contributed by atoms with Crippen LogP contribution in [0.15, 0.2) is 89.9 Å². The predicted octanol–water partition coefficient (Wildman–Crippen LogP) is 3.06. The lowest BCUT2D eigenvalue weighted by molar-refractivity contribution is 0.646. The van der Waals surface area contributed by atoms with Gasteiger partial charge in [-0.05, 0) is 12.1 Å². The molecule has 0 saturated carbocycles. The summed E-state index contributed by atoms with van der Waals surface area (Å²) in [6, 6.07) is 25.0. The zero-order valence-corrected chi connectivity index (χ0v) is 15.4. The van der Waals surface area contributed by atoms with Crippen LogP contribution in [0.25, 0.3) is 28.3 Å². The van der Waals surface area contributed by atoms with Gasteiger partial charge in [0.1, 0.15) is 5.69 Å². The molecule has 0 bridgehead atoms. The van der Waals surface area contributed by atoms with Gasteiger partial charge in [0, 0.05) is 17.3 Å². The third kappa shape index (κ3) is 3.08. The second-order valence-corrected chi connectivity index (χ2v) is 6.53. The van der Waals surface area contributed by atoms with Crippen molar-refractivity contribution in [3.8, 4) is 22.5 Å². The summed E-state index contributed by atoms with van der Waals surface area (Å²) in [5.41, 5.74) is 3.51. The van der Waals surface area contributed by atoms with E-state index in [1.807, 2.05) is 78.9 Å². The van der Waals surface area contributed by atoms with Gasteiger partial charge < -0.3 is 0 Å². The van der Waals surface area contributed by atoms with Gasteiger partial charge in [-0.1, -0.05) is 66.7 Å². The molecule has 0 atom stereocenters. The Morgan fingerprint density at radius 1 is 0.759 bits per heavy atom. The summed E-state index contributed by atoms with van der Waals surface area (Å²) in [5, 5.41) is 13.0. The average Bonchev–Trinajstić information content (AvgIpc) is 3.10. The van der Waals surface area contributed by atoms with Crippen molar-refractivity contribution in [2.75, 3.05) is 0 Å². The number of aromatic nitrogens is 6. The lowest BCUT2D eigenvalue weighted by Crippen LogP contribution is -2.23. The fraction of sp³-hybridized carbons (Fsp3) is 0.0455. The summed E-state index contributed by atoms with van der Waals surface area (Å²) >= 11 is 0. The van der Waals surface area contributed by atoms with Crippen LogP contribution < -0.4 is 5.69 Å². The summed E-state index contributed by atoms with van der Waals surface area (Å²) in [7, 11) is 0. The molecule has 0 saturated heterocycles. The van der Waals surface area contributed by atoms with Crippen molar-refractivity contribution in [3.63, 3.8) is 0 Å². The minimum absolute atomic E-state index is 0.254. The van der Waals surface area contributed by atoms with Gasteiger partial charge in [-0.25, -0.2) is 13.9 Å². The third-order valence-corrected chi connectivity index (χ3v) is 4.64. The zero-order valence-electron chi connectivity index (χ0n) is 15.4. The van der Waals surface area contributed by atoms with Crippen LogP contribution in [0, 0.1) is 0 Å². The molecule has 29 heavy (non-hydrogen) atoms. The molecule has 0 spiro atoms. The van der Waals surface area contributed by atoms with E-state index >= 15 is 0 Å². The maximum Gasteiger partial charge on any atom is 0.352 e. The molecule has 3 aromatic heterocycles. The molecule has 3 heterocycles. The number of benzene rings is 2. The summed E-state index contributed by atoms with van der Waals surface area (Å²) in [6.07, 6.45) is 1.69. The van der Waals surface area contributed by atoms with Crippen molar-refractivity contribution in [3.05, 3.63) is 101 Å². The number of rotatable bonds is 4. The van der Waals surface area contributed by atoms with Crippen LogP contribution in [0.4, 0.5) is 0 Å². The van der Waals surface area contributed by atoms with Crippen molar-refractivity contribution in [1.29, 1.82) is 0 Å². The van der Waals surface area contributed by atoms with E-state index in [1.165, 1.54) is 9.08 Å². The Labute approximate surface area is 165 Å². The highest BCUT2D eigenvalue weighted by Gasteiger charge is 2.19. The minimum Gasteiger partial charge on any atom is -0.259 e. The van der Waals surface area contributed by atoms with E-state index in [1.54, 1.807) is 6.20 Å². The lowest BCUT2D eigenvalue weighted by atomic mass is 10.0. The van der Waals surface area contributed by atoms with E-state index in [0.717, 1.165) is 16.8 Å². The summed E-state index contributed by atoms with van der Waals surface area (Å²) in [6.45, 7) is 0.262.